The fourth-order valence-corrected chi connectivity index (χ4v) is 9.02. The molecule has 8 rings (SSSR count). The first kappa shape index (κ1) is 38.5. The number of hydrogen-bond donors (Lipinski definition) is 2. The zero-order valence-corrected chi connectivity index (χ0v) is 33.3. The second-order valence-corrected chi connectivity index (χ2v) is 18.1. The Morgan fingerprint density at radius 1 is 0.912 bits per heavy atom. The Labute approximate surface area is 338 Å². The van der Waals surface area contributed by atoms with Crippen molar-refractivity contribution in [3.8, 4) is 6.07 Å². The van der Waals surface area contributed by atoms with Gasteiger partial charge in [0.05, 0.1) is 41.0 Å². The summed E-state index contributed by atoms with van der Waals surface area (Å²) in [5.74, 6) is -1.46. The number of benzene rings is 2. The molecule has 4 aromatic rings. The molecule has 294 valence electrons. The fraction of sp³-hybridized carbons (Fsp3) is 0.359. The molecule has 2 aliphatic heterocycles. The van der Waals surface area contributed by atoms with Crippen LogP contribution in [0, 0.1) is 11.3 Å². The molecule has 0 bridgehead atoms. The normalized spacial score (nSPS) is 20.7. The number of halogens is 2. The Morgan fingerprint density at radius 3 is 2.18 bits per heavy atom. The van der Waals surface area contributed by atoms with Gasteiger partial charge in [0.1, 0.15) is 16.8 Å². The smallest absolute Gasteiger partial charge is 0.270 e. The molecule has 57 heavy (non-hydrogen) atoms. The summed E-state index contributed by atoms with van der Waals surface area (Å²) in [5.41, 5.74) is -0.896. The van der Waals surface area contributed by atoms with E-state index in [1.807, 2.05) is 0 Å². The van der Waals surface area contributed by atoms with Crippen LogP contribution < -0.4 is 15.5 Å². The number of amides is 4. The molecule has 4 aliphatic rings. The minimum Gasteiger partial charge on any atom is -0.343 e. The van der Waals surface area contributed by atoms with E-state index in [1.165, 1.54) is 21.6 Å². The van der Waals surface area contributed by atoms with E-state index in [-0.39, 0.29) is 56.1 Å². The number of aromatic nitrogens is 3. The van der Waals surface area contributed by atoms with Gasteiger partial charge in [-0.3, -0.25) is 28.7 Å². The van der Waals surface area contributed by atoms with Gasteiger partial charge in [-0.1, -0.05) is 35.3 Å². The number of imidazole rings is 1. The monoisotopic (exact) mass is 829 g/mol. The van der Waals surface area contributed by atoms with Crippen LogP contribution in [-0.2, 0) is 37.1 Å². The number of fused-ring (bicyclic) bond motifs is 1. The molecule has 0 radical (unpaired) electrons. The number of rotatable bonds is 10. The summed E-state index contributed by atoms with van der Waals surface area (Å²) >= 11 is 12.7. The first-order valence-corrected chi connectivity index (χ1v) is 20.9. The van der Waals surface area contributed by atoms with Crippen molar-refractivity contribution in [2.75, 3.05) is 37.3 Å². The number of piperazine rings is 1. The van der Waals surface area contributed by atoms with Gasteiger partial charge in [-0.05, 0) is 80.6 Å². The number of nitrogens with one attached hydrogen (secondary N) is 2. The van der Waals surface area contributed by atoms with Crippen LogP contribution in [0.25, 0.3) is 0 Å². The highest BCUT2D eigenvalue weighted by Crippen LogP contribution is 2.48. The summed E-state index contributed by atoms with van der Waals surface area (Å²) in [5, 5.41) is 16.0. The topological polar surface area (TPSA) is 191 Å². The SMILES string of the molecule is C[C@@]1(Cc2ccc(C#N)cc2)C(=O)N(c2cc(Cl)cc(Cl)c2)c2ncc(C(=O)NC3(C(=O)NC4(c5cc(C(=O)N6CCN(S(C)(=O)=O)CC6)ccn5)CC4)CC3)n21. The lowest BCUT2D eigenvalue weighted by Crippen LogP contribution is -2.52. The Bertz CT molecular complexity index is 2480. The molecule has 2 aromatic carbocycles. The molecule has 0 spiro atoms. The average molecular weight is 831 g/mol. The molecule has 4 heterocycles. The van der Waals surface area contributed by atoms with Crippen LogP contribution in [0.4, 0.5) is 11.6 Å². The summed E-state index contributed by atoms with van der Waals surface area (Å²) in [6.07, 6.45) is 6.10. The number of hydrogen-bond acceptors (Lipinski definition) is 9. The van der Waals surface area contributed by atoms with Crippen molar-refractivity contribution >= 4 is 68.5 Å². The number of carbonyl (C=O) groups excluding carboxylic acids is 4. The van der Waals surface area contributed by atoms with E-state index in [1.54, 1.807) is 71.0 Å². The lowest BCUT2D eigenvalue weighted by atomic mass is 9.91. The van der Waals surface area contributed by atoms with E-state index in [0.29, 0.717) is 58.2 Å². The zero-order chi connectivity index (χ0) is 40.5. The maximum absolute atomic E-state index is 14.5. The third-order valence-electron chi connectivity index (χ3n) is 11.2. The van der Waals surface area contributed by atoms with Crippen molar-refractivity contribution < 1.29 is 27.6 Å². The summed E-state index contributed by atoms with van der Waals surface area (Å²) < 4.78 is 26.8. The number of pyridine rings is 1. The molecule has 3 fully saturated rings. The van der Waals surface area contributed by atoms with Crippen molar-refractivity contribution in [2.24, 2.45) is 0 Å². The Balaban J connectivity index is 1.02. The number of anilines is 2. The molecule has 1 saturated heterocycles. The highest BCUT2D eigenvalue weighted by molar-refractivity contribution is 7.88. The number of nitriles is 1. The molecule has 2 aliphatic carbocycles. The molecule has 15 nitrogen and oxygen atoms in total. The second-order valence-electron chi connectivity index (χ2n) is 15.3. The van der Waals surface area contributed by atoms with Crippen LogP contribution in [0.15, 0.2) is 67.0 Å². The molecule has 2 aromatic heterocycles. The lowest BCUT2D eigenvalue weighted by Gasteiger charge is -2.33. The summed E-state index contributed by atoms with van der Waals surface area (Å²) in [7, 11) is -3.35. The van der Waals surface area contributed by atoms with Gasteiger partial charge in [-0.15, -0.1) is 0 Å². The molecule has 2 saturated carbocycles. The molecule has 2 N–H and O–H groups in total. The maximum atomic E-state index is 14.5. The Hall–Kier alpha value is -5.34. The van der Waals surface area contributed by atoms with Gasteiger partial charge in [0.15, 0.2) is 0 Å². The largest absolute Gasteiger partial charge is 0.343 e. The van der Waals surface area contributed by atoms with Crippen molar-refractivity contribution in [1.29, 1.82) is 5.26 Å². The van der Waals surface area contributed by atoms with E-state index >= 15 is 0 Å². The number of nitrogens with zero attached hydrogens (tertiary/aromatic N) is 7. The van der Waals surface area contributed by atoms with Crippen molar-refractivity contribution in [2.45, 2.75) is 55.6 Å². The van der Waals surface area contributed by atoms with Gasteiger partial charge >= 0.3 is 0 Å². The van der Waals surface area contributed by atoms with E-state index in [4.69, 9.17) is 23.2 Å². The van der Waals surface area contributed by atoms with Gasteiger partial charge < -0.3 is 15.5 Å². The predicted octanol–water partition coefficient (Wildman–Crippen LogP) is 3.88. The summed E-state index contributed by atoms with van der Waals surface area (Å²) in [6, 6.07) is 16.9. The molecule has 18 heteroatoms. The van der Waals surface area contributed by atoms with Crippen LogP contribution in [0.5, 0.6) is 0 Å². The van der Waals surface area contributed by atoms with Crippen molar-refractivity contribution in [1.82, 2.24) is 34.4 Å². The molecule has 1 atom stereocenters. The lowest BCUT2D eigenvalue weighted by molar-refractivity contribution is -0.125. The molecular formula is C39H37Cl2N9O6S. The van der Waals surface area contributed by atoms with Crippen molar-refractivity contribution in [3.63, 3.8) is 0 Å². The second kappa shape index (κ2) is 13.9. The third-order valence-corrected chi connectivity index (χ3v) is 12.9. The third kappa shape index (κ3) is 7.03. The van der Waals surface area contributed by atoms with Crippen LogP contribution in [0.3, 0.4) is 0 Å². The van der Waals surface area contributed by atoms with Crippen LogP contribution >= 0.6 is 23.2 Å². The summed E-state index contributed by atoms with van der Waals surface area (Å²) in [4.78, 5) is 68.2. The Morgan fingerprint density at radius 2 is 1.58 bits per heavy atom. The van der Waals surface area contributed by atoms with Gasteiger partial charge in [-0.2, -0.15) is 9.57 Å². The van der Waals surface area contributed by atoms with Gasteiger partial charge in [0.25, 0.3) is 17.7 Å². The van der Waals surface area contributed by atoms with Crippen molar-refractivity contribution in [3.05, 3.63) is 105 Å². The number of carbonyl (C=O) groups is 4. The maximum Gasteiger partial charge on any atom is 0.270 e. The zero-order valence-electron chi connectivity index (χ0n) is 31.0. The Kier molecular flexibility index (Phi) is 9.42. The van der Waals surface area contributed by atoms with Crippen LogP contribution in [-0.4, -0.2) is 93.8 Å². The minimum atomic E-state index is -3.35. The minimum absolute atomic E-state index is 0.0654. The van der Waals surface area contributed by atoms with Gasteiger partial charge in [0, 0.05) is 54.4 Å². The molecule has 4 amide bonds. The molecular weight excluding hydrogens is 793 g/mol. The predicted molar refractivity (Wildman–Crippen MR) is 209 cm³/mol. The average Bonchev–Trinajstić information content (AvgIpc) is 4.09. The summed E-state index contributed by atoms with van der Waals surface area (Å²) in [6.45, 7) is 2.63. The standard InChI is InChI=1S/C39H37Cl2N9O6S/c1-37(21-24-3-5-25(22-42)6-4-24)35(54)49(29-19-27(40)18-28(41)20-29)36-44-23-30(50(36)37)32(51)45-39(10-11-39)34(53)46-38(8-9-38)31-17-26(7-12-43-31)33(52)47-13-15-48(16-14-47)57(2,55)56/h3-7,12,17-20,23H,8-11,13-16,21H2,1-2H3,(H,45,51)(H,46,53)/t37-/m1/s1. The first-order valence-electron chi connectivity index (χ1n) is 18.3. The quantitative estimate of drug-likeness (QED) is 0.239. The van der Waals surface area contributed by atoms with Crippen LogP contribution in [0.2, 0.25) is 10.0 Å². The van der Waals surface area contributed by atoms with E-state index in [2.05, 4.69) is 26.7 Å². The van der Waals surface area contributed by atoms with E-state index in [9.17, 15) is 32.9 Å². The van der Waals surface area contributed by atoms with E-state index in [0.717, 1.165) is 11.8 Å². The fourth-order valence-electron chi connectivity index (χ4n) is 7.68. The number of sulfonamides is 1. The van der Waals surface area contributed by atoms with Gasteiger partial charge in [-0.25, -0.2) is 18.3 Å². The molecule has 0 unspecified atom stereocenters. The highest BCUT2D eigenvalue weighted by Gasteiger charge is 2.57. The highest BCUT2D eigenvalue weighted by atomic mass is 35.5. The first-order chi connectivity index (χ1) is 27.1. The van der Waals surface area contributed by atoms with E-state index < -0.39 is 38.5 Å². The van der Waals surface area contributed by atoms with Crippen LogP contribution in [0.1, 0.15) is 70.3 Å². The van der Waals surface area contributed by atoms with Gasteiger partial charge in [0.2, 0.25) is 21.9 Å².